The van der Waals surface area contributed by atoms with Crippen LogP contribution in [-0.4, -0.2) is 58.2 Å². The molecule has 0 spiro atoms. The first-order chi connectivity index (χ1) is 15.4. The van der Waals surface area contributed by atoms with Crippen LogP contribution >= 0.6 is 0 Å². The number of rotatable bonds is 7. The summed E-state index contributed by atoms with van der Waals surface area (Å²) in [5.41, 5.74) is 1.02. The van der Waals surface area contributed by atoms with Gasteiger partial charge in [0.05, 0.1) is 10.8 Å². The van der Waals surface area contributed by atoms with E-state index in [9.17, 15) is 13.2 Å². The number of sulfonamides is 1. The molecule has 1 fully saturated rings. The second-order valence-corrected chi connectivity index (χ2v) is 9.70. The molecule has 0 aromatic heterocycles. The first-order valence-corrected chi connectivity index (χ1v) is 12.1. The molecule has 4 rings (SSSR count). The summed E-state index contributed by atoms with van der Waals surface area (Å²) in [7, 11) is -3.67. The van der Waals surface area contributed by atoms with Crippen LogP contribution in [0.1, 0.15) is 18.4 Å². The highest BCUT2D eigenvalue weighted by molar-refractivity contribution is 7.89. The normalized spacial score (nSPS) is 17.0. The first kappa shape index (κ1) is 22.4. The Balaban J connectivity index is 1.26. The monoisotopic (exact) mass is 461 g/mol. The number of para-hydroxylation sites is 1. The summed E-state index contributed by atoms with van der Waals surface area (Å²) < 4.78 is 49.4. The van der Waals surface area contributed by atoms with E-state index in [4.69, 9.17) is 18.9 Å². The zero-order chi connectivity index (χ0) is 22.6. The van der Waals surface area contributed by atoms with Gasteiger partial charge in [-0.3, -0.25) is 4.79 Å². The standard InChI is InChI=1S/C23H27NO7S/c1-17-4-2-3-5-20(17)28-14-15-31-23(25)18-8-10-24(11-9-18)32(26,27)19-6-7-21-22(16-19)30-13-12-29-21/h2-7,16,18H,8-15H2,1H3. The molecule has 0 radical (unpaired) electrons. The number of ether oxygens (including phenoxy) is 4. The molecule has 0 N–H and O–H groups in total. The maximum absolute atomic E-state index is 13.0. The van der Waals surface area contributed by atoms with Crippen molar-refractivity contribution in [2.24, 2.45) is 5.92 Å². The van der Waals surface area contributed by atoms with Gasteiger partial charge in [0.15, 0.2) is 11.5 Å². The van der Waals surface area contributed by atoms with Crippen LogP contribution in [-0.2, 0) is 19.6 Å². The summed E-state index contributed by atoms with van der Waals surface area (Å²) in [6.07, 6.45) is 0.836. The van der Waals surface area contributed by atoms with Crippen molar-refractivity contribution in [1.82, 2.24) is 4.31 Å². The van der Waals surface area contributed by atoms with E-state index in [1.807, 2.05) is 31.2 Å². The molecule has 2 aromatic rings. The van der Waals surface area contributed by atoms with E-state index in [0.717, 1.165) is 11.3 Å². The molecular formula is C23H27NO7S. The number of fused-ring (bicyclic) bond motifs is 1. The second kappa shape index (κ2) is 9.79. The lowest BCUT2D eigenvalue weighted by molar-refractivity contribution is -0.150. The van der Waals surface area contributed by atoms with Crippen molar-refractivity contribution < 1.29 is 32.2 Å². The number of esters is 1. The third-order valence-electron chi connectivity index (χ3n) is 5.62. The molecule has 1 saturated heterocycles. The summed E-state index contributed by atoms with van der Waals surface area (Å²) in [5, 5.41) is 0. The maximum Gasteiger partial charge on any atom is 0.309 e. The Hall–Kier alpha value is -2.78. The van der Waals surface area contributed by atoms with Crippen molar-refractivity contribution in [1.29, 1.82) is 0 Å². The number of benzene rings is 2. The third-order valence-corrected chi connectivity index (χ3v) is 7.51. The van der Waals surface area contributed by atoms with Gasteiger partial charge in [-0.2, -0.15) is 4.31 Å². The lowest BCUT2D eigenvalue weighted by atomic mass is 9.98. The fraction of sp³-hybridized carbons (Fsp3) is 0.435. The molecule has 2 aliphatic rings. The molecule has 2 heterocycles. The summed E-state index contributed by atoms with van der Waals surface area (Å²) >= 11 is 0. The Morgan fingerprint density at radius 3 is 2.50 bits per heavy atom. The van der Waals surface area contributed by atoms with Crippen molar-refractivity contribution in [3.8, 4) is 17.2 Å². The van der Waals surface area contributed by atoms with Crippen molar-refractivity contribution in [2.45, 2.75) is 24.7 Å². The molecule has 172 valence electrons. The lowest BCUT2D eigenvalue weighted by Crippen LogP contribution is -2.40. The molecule has 0 unspecified atom stereocenters. The van der Waals surface area contributed by atoms with Crippen LogP contribution in [0.2, 0.25) is 0 Å². The van der Waals surface area contributed by atoms with Crippen LogP contribution in [0.5, 0.6) is 17.2 Å². The molecular weight excluding hydrogens is 434 g/mol. The third kappa shape index (κ3) is 4.99. The van der Waals surface area contributed by atoms with Gasteiger partial charge in [-0.05, 0) is 43.5 Å². The van der Waals surface area contributed by atoms with E-state index in [1.165, 1.54) is 16.4 Å². The zero-order valence-electron chi connectivity index (χ0n) is 18.0. The van der Waals surface area contributed by atoms with Crippen LogP contribution in [0.4, 0.5) is 0 Å². The molecule has 0 saturated carbocycles. The Kier molecular flexibility index (Phi) is 6.86. The number of hydrogen-bond donors (Lipinski definition) is 0. The van der Waals surface area contributed by atoms with Crippen molar-refractivity contribution in [2.75, 3.05) is 39.5 Å². The summed E-state index contributed by atoms with van der Waals surface area (Å²) in [4.78, 5) is 12.6. The van der Waals surface area contributed by atoms with Crippen LogP contribution in [0.25, 0.3) is 0 Å². The minimum absolute atomic E-state index is 0.156. The summed E-state index contributed by atoms with van der Waals surface area (Å²) in [6.45, 7) is 3.73. The van der Waals surface area contributed by atoms with E-state index in [0.29, 0.717) is 37.6 Å². The fourth-order valence-corrected chi connectivity index (χ4v) is 5.28. The molecule has 2 aliphatic heterocycles. The predicted molar refractivity (Wildman–Crippen MR) is 117 cm³/mol. The summed E-state index contributed by atoms with van der Waals surface area (Å²) in [5.74, 6) is 1.11. The van der Waals surface area contributed by atoms with Gasteiger partial charge in [0, 0.05) is 19.2 Å². The maximum atomic E-state index is 13.0. The largest absolute Gasteiger partial charge is 0.490 e. The Morgan fingerprint density at radius 1 is 1.03 bits per heavy atom. The number of nitrogens with zero attached hydrogens (tertiary/aromatic N) is 1. The Labute approximate surface area is 188 Å². The number of hydrogen-bond acceptors (Lipinski definition) is 7. The van der Waals surface area contributed by atoms with Gasteiger partial charge in [-0.15, -0.1) is 0 Å². The molecule has 32 heavy (non-hydrogen) atoms. The predicted octanol–water partition coefficient (Wildman–Crippen LogP) is 2.79. The van der Waals surface area contributed by atoms with E-state index < -0.39 is 10.0 Å². The minimum Gasteiger partial charge on any atom is -0.490 e. The molecule has 8 nitrogen and oxygen atoms in total. The highest BCUT2D eigenvalue weighted by Crippen LogP contribution is 2.34. The van der Waals surface area contributed by atoms with Crippen molar-refractivity contribution in [3.05, 3.63) is 48.0 Å². The number of carbonyl (C=O) groups is 1. The van der Waals surface area contributed by atoms with Crippen LogP contribution in [0.3, 0.4) is 0 Å². The highest BCUT2D eigenvalue weighted by atomic mass is 32.2. The van der Waals surface area contributed by atoms with Gasteiger partial charge in [-0.1, -0.05) is 18.2 Å². The van der Waals surface area contributed by atoms with Gasteiger partial charge < -0.3 is 18.9 Å². The average molecular weight is 462 g/mol. The van der Waals surface area contributed by atoms with E-state index >= 15 is 0 Å². The van der Waals surface area contributed by atoms with Crippen LogP contribution < -0.4 is 14.2 Å². The van der Waals surface area contributed by atoms with Crippen LogP contribution in [0, 0.1) is 12.8 Å². The van der Waals surface area contributed by atoms with Gasteiger partial charge >= 0.3 is 5.97 Å². The first-order valence-electron chi connectivity index (χ1n) is 10.7. The van der Waals surface area contributed by atoms with Gasteiger partial charge in [-0.25, -0.2) is 8.42 Å². The SMILES string of the molecule is Cc1ccccc1OCCOC(=O)C1CCN(S(=O)(=O)c2ccc3c(c2)OCCO3)CC1. The zero-order valence-corrected chi connectivity index (χ0v) is 18.8. The molecule has 9 heteroatoms. The Morgan fingerprint density at radius 2 is 1.75 bits per heavy atom. The molecule has 0 bridgehead atoms. The fourth-order valence-electron chi connectivity index (χ4n) is 3.80. The number of piperidine rings is 1. The topological polar surface area (TPSA) is 91.4 Å². The van der Waals surface area contributed by atoms with Gasteiger partial charge in [0.1, 0.15) is 32.2 Å². The van der Waals surface area contributed by atoms with Gasteiger partial charge in [0.25, 0.3) is 0 Å². The van der Waals surface area contributed by atoms with E-state index in [1.54, 1.807) is 6.07 Å². The minimum atomic E-state index is -3.67. The molecule has 0 aliphatic carbocycles. The Bertz CT molecular complexity index is 1060. The van der Waals surface area contributed by atoms with E-state index in [2.05, 4.69) is 0 Å². The smallest absolute Gasteiger partial charge is 0.309 e. The molecule has 0 atom stereocenters. The molecule has 0 amide bonds. The van der Waals surface area contributed by atoms with Crippen molar-refractivity contribution >= 4 is 16.0 Å². The highest BCUT2D eigenvalue weighted by Gasteiger charge is 2.33. The van der Waals surface area contributed by atoms with Crippen LogP contribution in [0.15, 0.2) is 47.4 Å². The quantitative estimate of drug-likeness (QED) is 0.463. The number of carbonyl (C=O) groups excluding carboxylic acids is 1. The lowest BCUT2D eigenvalue weighted by Gasteiger charge is -2.30. The van der Waals surface area contributed by atoms with Crippen molar-refractivity contribution in [3.63, 3.8) is 0 Å². The second-order valence-electron chi connectivity index (χ2n) is 7.77. The van der Waals surface area contributed by atoms with Gasteiger partial charge in [0.2, 0.25) is 10.0 Å². The average Bonchev–Trinajstić information content (AvgIpc) is 2.82. The molecule has 2 aromatic carbocycles. The summed E-state index contributed by atoms with van der Waals surface area (Å²) in [6, 6.07) is 12.3. The number of aryl methyl sites for hydroxylation is 1. The van der Waals surface area contributed by atoms with E-state index in [-0.39, 0.29) is 43.1 Å².